The van der Waals surface area contributed by atoms with Gasteiger partial charge in [0.1, 0.15) is 12.2 Å². The van der Waals surface area contributed by atoms with Gasteiger partial charge in [-0.05, 0) is 36.5 Å². The molecule has 0 spiro atoms. The second-order valence-electron chi connectivity index (χ2n) is 7.28. The van der Waals surface area contributed by atoms with Crippen LogP contribution in [0.15, 0.2) is 48.1 Å². The Bertz CT molecular complexity index is 653. The van der Waals surface area contributed by atoms with E-state index in [4.69, 9.17) is 9.84 Å². The number of ether oxygens (including phenoxy) is 1. The van der Waals surface area contributed by atoms with Gasteiger partial charge in [0.25, 0.3) is 0 Å². The van der Waals surface area contributed by atoms with Crippen LogP contribution in [-0.4, -0.2) is 40.8 Å². The van der Waals surface area contributed by atoms with Gasteiger partial charge in [0.2, 0.25) is 0 Å². The highest BCUT2D eigenvalue weighted by molar-refractivity contribution is 5.96. The van der Waals surface area contributed by atoms with E-state index < -0.39 is 23.6 Å². The van der Waals surface area contributed by atoms with Crippen LogP contribution in [0.3, 0.4) is 0 Å². The topological polar surface area (TPSA) is 83.8 Å². The van der Waals surface area contributed by atoms with Crippen molar-refractivity contribution in [1.29, 1.82) is 0 Å². The van der Waals surface area contributed by atoms with Gasteiger partial charge in [-0.15, -0.1) is 0 Å². The van der Waals surface area contributed by atoms with Crippen molar-refractivity contribution in [2.24, 2.45) is 17.3 Å². The van der Waals surface area contributed by atoms with Gasteiger partial charge >= 0.3 is 5.97 Å². The lowest BCUT2D eigenvalue weighted by Crippen LogP contribution is -2.45. The van der Waals surface area contributed by atoms with Gasteiger partial charge in [0.05, 0.1) is 0 Å². The molecule has 5 nitrogen and oxygen atoms in total. The fraction of sp³-hybridized carbons (Fsp3) is 0.524. The molecule has 0 aromatic heterocycles. The Morgan fingerprint density at radius 3 is 2.85 bits per heavy atom. The quantitative estimate of drug-likeness (QED) is 0.432. The summed E-state index contributed by atoms with van der Waals surface area (Å²) in [6.07, 6.45) is 11.4. The van der Waals surface area contributed by atoms with Crippen molar-refractivity contribution >= 4 is 11.8 Å². The van der Waals surface area contributed by atoms with Crippen molar-refractivity contribution in [2.75, 3.05) is 6.61 Å². The normalized spacial score (nSPS) is 32.6. The summed E-state index contributed by atoms with van der Waals surface area (Å²) in [5.41, 5.74) is 0.465. The number of allylic oxidation sites excluding steroid dienone is 4. The van der Waals surface area contributed by atoms with Gasteiger partial charge in [-0.25, -0.2) is 4.79 Å². The third-order valence-corrected chi connectivity index (χ3v) is 5.60. The van der Waals surface area contributed by atoms with Gasteiger partial charge < -0.3 is 14.9 Å². The first-order chi connectivity index (χ1) is 12.3. The molecular weight excluding hydrogens is 332 g/mol. The lowest BCUT2D eigenvalue weighted by Gasteiger charge is -2.45. The summed E-state index contributed by atoms with van der Waals surface area (Å²) in [6.45, 7) is 6.02. The van der Waals surface area contributed by atoms with Crippen LogP contribution in [-0.2, 0) is 14.3 Å². The van der Waals surface area contributed by atoms with E-state index in [1.807, 2.05) is 32.9 Å². The minimum absolute atomic E-state index is 0.0618. The molecule has 0 aromatic carbocycles. The number of rotatable bonds is 6. The van der Waals surface area contributed by atoms with Gasteiger partial charge in [-0.2, -0.15) is 0 Å². The Balaban J connectivity index is 2.02. The van der Waals surface area contributed by atoms with Crippen LogP contribution in [0, 0.1) is 17.3 Å². The summed E-state index contributed by atoms with van der Waals surface area (Å²) in [5.74, 6) is -0.694. The van der Waals surface area contributed by atoms with Crippen LogP contribution in [0.1, 0.15) is 33.6 Å². The molecule has 0 radical (unpaired) electrons. The third-order valence-electron chi connectivity index (χ3n) is 5.60. The number of aliphatic hydroxyl groups is 2. The number of fused-ring (bicyclic) bond motifs is 1. The molecule has 0 saturated heterocycles. The number of ketones is 1. The standard InChI is InChI=1S/C21H28O5/c1-4-15(13-22)7-5-6-8-20(25)26-19-10-9-16-11-17(23)18(24)12-21(16,3)14(19)2/h5-11,14-15,18-19,22,24H,4,12-13H2,1-3H3/b7-5+,8-6+/t14-,15+,18+,19-,21+/m0/s1. The first-order valence-electron chi connectivity index (χ1n) is 9.10. The Hall–Kier alpha value is -1.98. The van der Waals surface area contributed by atoms with Crippen LogP contribution >= 0.6 is 0 Å². The Kier molecular flexibility index (Phi) is 6.73. The highest BCUT2D eigenvalue weighted by atomic mass is 16.5. The first kappa shape index (κ1) is 20.3. The molecule has 5 atom stereocenters. The fourth-order valence-corrected chi connectivity index (χ4v) is 3.45. The van der Waals surface area contributed by atoms with Crippen LogP contribution in [0.5, 0.6) is 0 Å². The van der Waals surface area contributed by atoms with E-state index in [9.17, 15) is 14.7 Å². The van der Waals surface area contributed by atoms with E-state index in [-0.39, 0.29) is 24.2 Å². The molecule has 0 bridgehead atoms. The maximum absolute atomic E-state index is 12.1. The summed E-state index contributed by atoms with van der Waals surface area (Å²) in [6, 6.07) is 0. The molecule has 0 amide bonds. The molecule has 0 unspecified atom stereocenters. The minimum Gasteiger partial charge on any atom is -0.455 e. The Morgan fingerprint density at radius 2 is 2.19 bits per heavy atom. The summed E-state index contributed by atoms with van der Waals surface area (Å²) in [5, 5.41) is 19.0. The molecule has 142 valence electrons. The van der Waals surface area contributed by atoms with E-state index in [1.54, 1.807) is 18.2 Å². The zero-order valence-corrected chi connectivity index (χ0v) is 15.6. The van der Waals surface area contributed by atoms with Crippen molar-refractivity contribution in [1.82, 2.24) is 0 Å². The maximum atomic E-state index is 12.1. The summed E-state index contributed by atoms with van der Waals surface area (Å²) in [7, 11) is 0. The second kappa shape index (κ2) is 8.60. The SMILES string of the molecule is CC[C@H](/C=C/C=C/C(=O)O[C@H]1C=CC2=CC(=O)[C@H](O)C[C@]2(C)[C@H]1C)CO. The smallest absolute Gasteiger partial charge is 0.331 e. The largest absolute Gasteiger partial charge is 0.455 e. The molecule has 26 heavy (non-hydrogen) atoms. The highest BCUT2D eigenvalue weighted by Crippen LogP contribution is 2.48. The molecule has 0 fully saturated rings. The summed E-state index contributed by atoms with van der Waals surface area (Å²) >= 11 is 0. The molecule has 2 N–H and O–H groups in total. The van der Waals surface area contributed by atoms with Gasteiger partial charge in [-0.3, -0.25) is 4.79 Å². The van der Waals surface area contributed by atoms with Crippen LogP contribution in [0.25, 0.3) is 0 Å². The van der Waals surface area contributed by atoms with Crippen LogP contribution in [0.2, 0.25) is 0 Å². The van der Waals surface area contributed by atoms with Crippen molar-refractivity contribution in [3.8, 4) is 0 Å². The third kappa shape index (κ3) is 4.40. The predicted octanol–water partition coefficient (Wildman–Crippen LogP) is 2.50. The van der Waals surface area contributed by atoms with Crippen molar-refractivity contribution in [2.45, 2.75) is 45.8 Å². The molecule has 2 aliphatic rings. The maximum Gasteiger partial charge on any atom is 0.331 e. The monoisotopic (exact) mass is 360 g/mol. The van der Waals surface area contributed by atoms with Crippen molar-refractivity contribution in [3.63, 3.8) is 0 Å². The number of esters is 1. The number of aliphatic hydroxyl groups excluding tert-OH is 2. The Morgan fingerprint density at radius 1 is 1.46 bits per heavy atom. The summed E-state index contributed by atoms with van der Waals surface area (Å²) in [4.78, 5) is 23.8. The molecule has 0 heterocycles. The van der Waals surface area contributed by atoms with Gasteiger partial charge in [0, 0.05) is 24.0 Å². The predicted molar refractivity (Wildman–Crippen MR) is 99.2 cm³/mol. The fourth-order valence-electron chi connectivity index (χ4n) is 3.45. The molecule has 2 rings (SSSR count). The van der Waals surface area contributed by atoms with E-state index in [0.717, 1.165) is 12.0 Å². The van der Waals surface area contributed by atoms with Gasteiger partial charge in [0.15, 0.2) is 5.78 Å². The van der Waals surface area contributed by atoms with Crippen LogP contribution in [0.4, 0.5) is 0 Å². The average Bonchev–Trinajstić information content (AvgIpc) is 2.61. The molecule has 2 aliphatic carbocycles. The molecule has 0 aromatic rings. The lowest BCUT2D eigenvalue weighted by molar-refractivity contribution is -0.145. The van der Waals surface area contributed by atoms with E-state index in [0.29, 0.717) is 6.42 Å². The molecular formula is C21H28O5. The minimum atomic E-state index is -1.00. The van der Waals surface area contributed by atoms with E-state index in [2.05, 4.69) is 0 Å². The van der Waals surface area contributed by atoms with Crippen LogP contribution < -0.4 is 0 Å². The number of carbonyl (C=O) groups excluding carboxylic acids is 2. The number of hydrogen-bond donors (Lipinski definition) is 2. The zero-order valence-electron chi connectivity index (χ0n) is 15.6. The second-order valence-corrected chi connectivity index (χ2v) is 7.28. The van der Waals surface area contributed by atoms with Crippen molar-refractivity contribution in [3.05, 3.63) is 48.1 Å². The summed E-state index contributed by atoms with van der Waals surface area (Å²) < 4.78 is 5.55. The van der Waals surface area contributed by atoms with Crippen molar-refractivity contribution < 1.29 is 24.5 Å². The first-order valence-corrected chi connectivity index (χ1v) is 9.10. The Labute approximate surface area is 154 Å². The highest BCUT2D eigenvalue weighted by Gasteiger charge is 2.46. The lowest BCUT2D eigenvalue weighted by atomic mass is 9.61. The number of carbonyl (C=O) groups is 2. The molecule has 0 saturated carbocycles. The molecule has 0 aliphatic heterocycles. The number of hydrogen-bond acceptors (Lipinski definition) is 5. The van der Waals surface area contributed by atoms with E-state index in [1.165, 1.54) is 12.2 Å². The zero-order chi connectivity index (χ0) is 19.3. The van der Waals surface area contributed by atoms with Gasteiger partial charge in [-0.1, -0.05) is 45.1 Å². The van der Waals surface area contributed by atoms with E-state index >= 15 is 0 Å². The average molecular weight is 360 g/mol. The molecule has 5 heteroatoms.